The quantitative estimate of drug-likeness (QED) is 0.660. The number of hydrogen-bond donors (Lipinski definition) is 1. The Bertz CT molecular complexity index is 552. The van der Waals surface area contributed by atoms with Gasteiger partial charge in [-0.3, -0.25) is 9.89 Å². The molecule has 1 aliphatic heterocycles. The Hall–Kier alpha value is -1.69. The lowest BCUT2D eigenvalue weighted by molar-refractivity contribution is 0.164. The van der Waals surface area contributed by atoms with Crippen LogP contribution in [0.1, 0.15) is 19.4 Å². The SMILES string of the molecule is CN=C(NCCc1cccc(F)c1F)N1CCN(CC(C)C)CC1. The minimum absolute atomic E-state index is 0.389. The number of guanidine groups is 1. The van der Waals surface area contributed by atoms with E-state index in [1.165, 1.54) is 6.07 Å². The third kappa shape index (κ3) is 5.16. The van der Waals surface area contributed by atoms with E-state index in [1.807, 2.05) is 0 Å². The van der Waals surface area contributed by atoms with Crippen molar-refractivity contribution in [2.24, 2.45) is 10.9 Å². The van der Waals surface area contributed by atoms with Crippen molar-refractivity contribution in [3.63, 3.8) is 0 Å². The molecule has 24 heavy (non-hydrogen) atoms. The minimum atomic E-state index is -0.793. The lowest BCUT2D eigenvalue weighted by Crippen LogP contribution is -2.53. The van der Waals surface area contributed by atoms with Crippen molar-refractivity contribution >= 4 is 5.96 Å². The molecule has 1 aliphatic rings. The molecule has 1 heterocycles. The predicted octanol–water partition coefficient (Wildman–Crippen LogP) is 2.36. The van der Waals surface area contributed by atoms with Gasteiger partial charge in [-0.1, -0.05) is 26.0 Å². The molecular formula is C18H28F2N4. The average Bonchev–Trinajstić information content (AvgIpc) is 2.56. The largest absolute Gasteiger partial charge is 0.356 e. The van der Waals surface area contributed by atoms with E-state index in [1.54, 1.807) is 13.1 Å². The van der Waals surface area contributed by atoms with E-state index >= 15 is 0 Å². The molecule has 1 saturated heterocycles. The van der Waals surface area contributed by atoms with Crippen LogP contribution in [0.15, 0.2) is 23.2 Å². The summed E-state index contributed by atoms with van der Waals surface area (Å²) >= 11 is 0. The van der Waals surface area contributed by atoms with E-state index < -0.39 is 11.6 Å². The maximum Gasteiger partial charge on any atom is 0.193 e. The van der Waals surface area contributed by atoms with Crippen molar-refractivity contribution < 1.29 is 8.78 Å². The van der Waals surface area contributed by atoms with Crippen molar-refractivity contribution in [2.45, 2.75) is 20.3 Å². The van der Waals surface area contributed by atoms with Crippen molar-refractivity contribution in [1.82, 2.24) is 15.1 Å². The molecule has 0 bridgehead atoms. The molecule has 1 aromatic carbocycles. The first-order chi connectivity index (χ1) is 11.5. The molecule has 0 unspecified atom stereocenters. The van der Waals surface area contributed by atoms with E-state index in [9.17, 15) is 8.78 Å². The van der Waals surface area contributed by atoms with Crippen LogP contribution in [0.25, 0.3) is 0 Å². The summed E-state index contributed by atoms with van der Waals surface area (Å²) in [6.07, 6.45) is 0.427. The van der Waals surface area contributed by atoms with Gasteiger partial charge in [-0.2, -0.15) is 0 Å². The third-order valence-corrected chi connectivity index (χ3v) is 4.22. The number of halogens is 2. The monoisotopic (exact) mass is 338 g/mol. The lowest BCUT2D eigenvalue weighted by Gasteiger charge is -2.37. The zero-order valence-electron chi connectivity index (χ0n) is 14.9. The first kappa shape index (κ1) is 18.6. The van der Waals surface area contributed by atoms with Gasteiger partial charge in [0.15, 0.2) is 17.6 Å². The van der Waals surface area contributed by atoms with Gasteiger partial charge in [-0.15, -0.1) is 0 Å². The summed E-state index contributed by atoms with van der Waals surface area (Å²) in [5.41, 5.74) is 0.389. The third-order valence-electron chi connectivity index (χ3n) is 4.22. The van der Waals surface area contributed by atoms with Gasteiger partial charge in [0.25, 0.3) is 0 Å². The summed E-state index contributed by atoms with van der Waals surface area (Å²) < 4.78 is 26.9. The smallest absolute Gasteiger partial charge is 0.193 e. The summed E-state index contributed by atoms with van der Waals surface area (Å²) in [5, 5.41) is 3.26. The van der Waals surface area contributed by atoms with E-state index in [-0.39, 0.29) is 0 Å². The molecular weight excluding hydrogens is 310 g/mol. The van der Waals surface area contributed by atoms with Crippen LogP contribution in [0, 0.1) is 17.6 Å². The van der Waals surface area contributed by atoms with Crippen molar-refractivity contribution in [2.75, 3.05) is 46.3 Å². The molecule has 1 aromatic rings. The van der Waals surface area contributed by atoms with Gasteiger partial charge >= 0.3 is 0 Å². The normalized spacial score (nSPS) is 16.8. The molecule has 134 valence electrons. The van der Waals surface area contributed by atoms with Crippen LogP contribution in [0.2, 0.25) is 0 Å². The molecule has 0 radical (unpaired) electrons. The molecule has 1 N–H and O–H groups in total. The van der Waals surface area contributed by atoms with Gasteiger partial charge in [0.05, 0.1) is 0 Å². The second-order valence-corrected chi connectivity index (χ2v) is 6.62. The van der Waals surface area contributed by atoms with Gasteiger partial charge in [0.1, 0.15) is 0 Å². The second kappa shape index (κ2) is 8.97. The molecule has 6 heteroatoms. The van der Waals surface area contributed by atoms with Gasteiger partial charge < -0.3 is 10.2 Å². The zero-order chi connectivity index (χ0) is 17.5. The summed E-state index contributed by atoms with van der Waals surface area (Å²) in [4.78, 5) is 9.00. The molecule has 0 aliphatic carbocycles. The lowest BCUT2D eigenvalue weighted by atomic mass is 10.1. The standard InChI is InChI=1S/C18H28F2N4/c1-14(2)13-23-9-11-24(12-10-23)18(21-3)22-8-7-15-5-4-6-16(19)17(15)20/h4-6,14H,7-13H2,1-3H3,(H,21,22). The molecule has 0 amide bonds. The molecule has 0 atom stereocenters. The summed E-state index contributed by atoms with van der Waals surface area (Å²) in [6, 6.07) is 4.30. The fourth-order valence-corrected chi connectivity index (χ4v) is 3.04. The number of hydrogen-bond acceptors (Lipinski definition) is 2. The van der Waals surface area contributed by atoms with E-state index in [0.717, 1.165) is 44.7 Å². The first-order valence-corrected chi connectivity index (χ1v) is 8.62. The Morgan fingerprint density at radius 2 is 1.92 bits per heavy atom. The maximum absolute atomic E-state index is 13.7. The maximum atomic E-state index is 13.7. The Morgan fingerprint density at radius 3 is 2.54 bits per heavy atom. The highest BCUT2D eigenvalue weighted by Crippen LogP contribution is 2.11. The van der Waals surface area contributed by atoms with Crippen LogP contribution >= 0.6 is 0 Å². The van der Waals surface area contributed by atoms with Crippen molar-refractivity contribution in [3.05, 3.63) is 35.4 Å². The Morgan fingerprint density at radius 1 is 1.21 bits per heavy atom. The van der Waals surface area contributed by atoms with Crippen LogP contribution in [-0.4, -0.2) is 62.1 Å². The average molecular weight is 338 g/mol. The van der Waals surface area contributed by atoms with Crippen LogP contribution < -0.4 is 5.32 Å². The highest BCUT2D eigenvalue weighted by molar-refractivity contribution is 5.80. The van der Waals surface area contributed by atoms with Crippen LogP contribution in [0.4, 0.5) is 8.78 Å². The van der Waals surface area contributed by atoms with Crippen LogP contribution in [0.5, 0.6) is 0 Å². The van der Waals surface area contributed by atoms with Crippen LogP contribution in [0.3, 0.4) is 0 Å². The van der Waals surface area contributed by atoms with Crippen LogP contribution in [-0.2, 0) is 6.42 Å². The van der Waals surface area contributed by atoms with Crippen molar-refractivity contribution in [1.29, 1.82) is 0 Å². The minimum Gasteiger partial charge on any atom is -0.356 e. The van der Waals surface area contributed by atoms with Gasteiger partial charge in [-0.25, -0.2) is 8.78 Å². The molecule has 2 rings (SSSR count). The van der Waals surface area contributed by atoms with E-state index in [0.29, 0.717) is 24.4 Å². The predicted molar refractivity (Wildman–Crippen MR) is 94.3 cm³/mol. The summed E-state index contributed by atoms with van der Waals surface area (Å²) in [6.45, 7) is 10.0. The number of rotatable bonds is 5. The number of nitrogens with one attached hydrogen (secondary N) is 1. The fraction of sp³-hybridized carbons (Fsp3) is 0.611. The Balaban J connectivity index is 1.80. The van der Waals surface area contributed by atoms with E-state index in [2.05, 4.69) is 34.0 Å². The van der Waals surface area contributed by atoms with Gasteiger partial charge in [0.2, 0.25) is 0 Å². The number of benzene rings is 1. The highest BCUT2D eigenvalue weighted by Gasteiger charge is 2.19. The Labute approximate surface area is 143 Å². The van der Waals surface area contributed by atoms with Crippen molar-refractivity contribution in [3.8, 4) is 0 Å². The number of piperazine rings is 1. The Kier molecular flexibility index (Phi) is 6.97. The zero-order valence-corrected chi connectivity index (χ0v) is 14.9. The van der Waals surface area contributed by atoms with Gasteiger partial charge in [0, 0.05) is 46.3 Å². The highest BCUT2D eigenvalue weighted by atomic mass is 19.2. The van der Waals surface area contributed by atoms with E-state index in [4.69, 9.17) is 0 Å². The number of nitrogens with zero attached hydrogens (tertiary/aromatic N) is 3. The molecule has 1 fully saturated rings. The molecule has 0 spiro atoms. The summed E-state index contributed by atoms with van der Waals surface area (Å²) in [5.74, 6) is -0.0408. The summed E-state index contributed by atoms with van der Waals surface area (Å²) in [7, 11) is 1.76. The fourth-order valence-electron chi connectivity index (χ4n) is 3.04. The topological polar surface area (TPSA) is 30.9 Å². The molecule has 0 saturated carbocycles. The molecule has 4 nitrogen and oxygen atoms in total. The molecule has 0 aromatic heterocycles. The van der Waals surface area contributed by atoms with Gasteiger partial charge in [-0.05, 0) is 24.0 Å². The second-order valence-electron chi connectivity index (χ2n) is 6.62. The number of aliphatic imine (C=N–C) groups is 1. The first-order valence-electron chi connectivity index (χ1n) is 8.62.